The van der Waals surface area contributed by atoms with Crippen LogP contribution < -0.4 is 11.2 Å². The number of H-pyrrole nitrogens is 1. The zero-order valence-corrected chi connectivity index (χ0v) is 8.01. The number of hydrogen-bond acceptors (Lipinski definition) is 2. The molecule has 0 spiro atoms. The van der Waals surface area contributed by atoms with Crippen molar-refractivity contribution in [3.8, 4) is 0 Å². The Bertz CT molecular complexity index is 433. The fourth-order valence-corrected chi connectivity index (χ4v) is 1.05. The molecule has 0 aromatic carbocycles. The summed E-state index contributed by atoms with van der Waals surface area (Å²) >= 11 is 1.34. The summed E-state index contributed by atoms with van der Waals surface area (Å²) < 4.78 is 36.7. The summed E-state index contributed by atoms with van der Waals surface area (Å²) in [5, 5.41) is 0. The quantitative estimate of drug-likeness (QED) is 0.719. The molecule has 1 heterocycles. The van der Waals surface area contributed by atoms with E-state index in [-0.39, 0.29) is 0 Å². The molecule has 0 saturated carbocycles. The van der Waals surface area contributed by atoms with Crippen LogP contribution in [0.15, 0.2) is 15.8 Å². The molecule has 8 heteroatoms. The predicted molar refractivity (Wildman–Crippen MR) is 45.7 cm³/mol. The summed E-state index contributed by atoms with van der Waals surface area (Å²) in [6.45, 7) is 0. The third kappa shape index (κ3) is 2.11. The number of hydrogen-bond donors (Lipinski definition) is 1. The van der Waals surface area contributed by atoms with E-state index in [0.29, 0.717) is 8.98 Å². The van der Waals surface area contributed by atoms with Crippen molar-refractivity contribution in [2.75, 3.05) is 0 Å². The Morgan fingerprint density at radius 2 is 1.92 bits per heavy atom. The molecule has 0 radical (unpaired) electrons. The number of aromatic amines is 1. The fraction of sp³-hybridized carbons (Fsp3) is 0.200. The topological polar surface area (TPSA) is 54.9 Å². The van der Waals surface area contributed by atoms with Crippen molar-refractivity contribution in [2.45, 2.75) is 6.18 Å². The van der Waals surface area contributed by atoms with Crippen LogP contribution in [0.1, 0.15) is 5.56 Å². The average molecular weight is 306 g/mol. The minimum absolute atomic E-state index is 0.446. The molecular formula is C5H2F3IN2O2. The Labute approximate surface area is 82.9 Å². The van der Waals surface area contributed by atoms with Crippen molar-refractivity contribution in [2.24, 2.45) is 0 Å². The fourth-order valence-electron chi connectivity index (χ4n) is 0.650. The van der Waals surface area contributed by atoms with E-state index in [1.54, 1.807) is 0 Å². The first-order valence-electron chi connectivity index (χ1n) is 2.91. The van der Waals surface area contributed by atoms with Gasteiger partial charge in [-0.2, -0.15) is 13.2 Å². The molecule has 1 rings (SSSR count). The van der Waals surface area contributed by atoms with Gasteiger partial charge in [-0.3, -0.25) is 9.78 Å². The van der Waals surface area contributed by atoms with Crippen LogP contribution in [0.4, 0.5) is 13.2 Å². The first-order chi connectivity index (χ1) is 5.82. The largest absolute Gasteiger partial charge is 0.423 e. The first-order valence-corrected chi connectivity index (χ1v) is 3.88. The van der Waals surface area contributed by atoms with E-state index in [2.05, 4.69) is 0 Å². The molecule has 1 N–H and O–H groups in total. The van der Waals surface area contributed by atoms with Crippen LogP contribution in [0.3, 0.4) is 0 Å². The van der Waals surface area contributed by atoms with Gasteiger partial charge in [0.15, 0.2) is 0 Å². The van der Waals surface area contributed by atoms with Crippen molar-refractivity contribution in [1.82, 2.24) is 7.76 Å². The van der Waals surface area contributed by atoms with E-state index in [1.807, 2.05) is 0 Å². The second kappa shape index (κ2) is 3.16. The first kappa shape index (κ1) is 10.3. The van der Waals surface area contributed by atoms with Gasteiger partial charge in [0, 0.05) is 6.20 Å². The molecular weight excluding hydrogens is 304 g/mol. The van der Waals surface area contributed by atoms with E-state index in [4.69, 9.17) is 0 Å². The molecule has 0 aliphatic carbocycles. The maximum Gasteiger partial charge on any atom is 0.423 e. The molecule has 0 atom stereocenters. The van der Waals surface area contributed by atoms with E-state index < -0.39 is 23.0 Å². The molecule has 0 bridgehead atoms. The smallest absolute Gasteiger partial charge is 0.273 e. The molecule has 0 unspecified atom stereocenters. The summed E-state index contributed by atoms with van der Waals surface area (Å²) in [4.78, 5) is 22.8. The number of rotatable bonds is 0. The Morgan fingerprint density at radius 1 is 1.38 bits per heavy atom. The zero-order valence-electron chi connectivity index (χ0n) is 5.85. The van der Waals surface area contributed by atoms with Gasteiger partial charge >= 0.3 is 11.9 Å². The van der Waals surface area contributed by atoms with Gasteiger partial charge in [0.1, 0.15) is 5.56 Å². The SMILES string of the molecule is O=c1[nH]c(=O)n(I)cc1C(F)(F)F. The third-order valence-corrected chi connectivity index (χ3v) is 1.92. The zero-order chi connectivity index (χ0) is 10.2. The van der Waals surface area contributed by atoms with Gasteiger partial charge < -0.3 is 0 Å². The maximum atomic E-state index is 12.0. The summed E-state index contributed by atoms with van der Waals surface area (Å²) in [6.07, 6.45) is -4.30. The highest BCUT2D eigenvalue weighted by molar-refractivity contribution is 14.1. The summed E-state index contributed by atoms with van der Waals surface area (Å²) in [6, 6.07) is 0. The van der Waals surface area contributed by atoms with Gasteiger partial charge in [-0.1, -0.05) is 0 Å². The summed E-state index contributed by atoms with van der Waals surface area (Å²) in [5.74, 6) is 0. The van der Waals surface area contributed by atoms with Crippen LogP contribution in [0.25, 0.3) is 0 Å². The molecule has 13 heavy (non-hydrogen) atoms. The number of alkyl halides is 3. The molecule has 4 nitrogen and oxygen atoms in total. The molecule has 0 amide bonds. The van der Waals surface area contributed by atoms with Crippen LogP contribution in [0, 0.1) is 0 Å². The summed E-state index contributed by atoms with van der Waals surface area (Å²) in [5.41, 5.74) is -3.70. The van der Waals surface area contributed by atoms with E-state index in [0.717, 1.165) is 0 Å². The van der Waals surface area contributed by atoms with E-state index in [1.165, 1.54) is 27.8 Å². The summed E-state index contributed by atoms with van der Waals surface area (Å²) in [7, 11) is 0. The molecule has 0 aliphatic rings. The lowest BCUT2D eigenvalue weighted by atomic mass is 10.3. The van der Waals surface area contributed by atoms with E-state index >= 15 is 0 Å². The molecule has 0 aliphatic heterocycles. The van der Waals surface area contributed by atoms with Gasteiger partial charge in [0.25, 0.3) is 5.56 Å². The third-order valence-electron chi connectivity index (χ3n) is 1.21. The van der Waals surface area contributed by atoms with Gasteiger partial charge in [0.2, 0.25) is 0 Å². The second-order valence-electron chi connectivity index (χ2n) is 2.11. The van der Waals surface area contributed by atoms with Gasteiger partial charge in [-0.05, 0) is 0 Å². The van der Waals surface area contributed by atoms with Crippen LogP contribution in [-0.2, 0) is 6.18 Å². The number of aromatic nitrogens is 2. The highest BCUT2D eigenvalue weighted by Crippen LogP contribution is 2.25. The Balaban J connectivity index is 3.51. The van der Waals surface area contributed by atoms with Crippen molar-refractivity contribution in [3.05, 3.63) is 32.6 Å². The van der Waals surface area contributed by atoms with Crippen molar-refractivity contribution in [1.29, 1.82) is 0 Å². The number of nitrogens with zero attached hydrogens (tertiary/aromatic N) is 1. The van der Waals surface area contributed by atoms with Crippen molar-refractivity contribution >= 4 is 22.9 Å². The van der Waals surface area contributed by atoms with Crippen LogP contribution >= 0.6 is 22.9 Å². The Hall–Kier alpha value is -0.800. The van der Waals surface area contributed by atoms with Gasteiger partial charge in [-0.15, -0.1) is 0 Å². The lowest BCUT2D eigenvalue weighted by Crippen LogP contribution is -2.31. The molecule has 0 fully saturated rings. The Kier molecular flexibility index (Phi) is 2.50. The minimum atomic E-state index is -4.74. The molecule has 72 valence electrons. The van der Waals surface area contributed by atoms with Crippen molar-refractivity contribution < 1.29 is 13.2 Å². The molecule has 0 saturated heterocycles. The van der Waals surface area contributed by atoms with E-state index in [9.17, 15) is 22.8 Å². The van der Waals surface area contributed by atoms with Crippen LogP contribution in [0.2, 0.25) is 0 Å². The van der Waals surface area contributed by atoms with Crippen LogP contribution in [-0.4, -0.2) is 7.76 Å². The van der Waals surface area contributed by atoms with Gasteiger partial charge in [0.05, 0.1) is 22.9 Å². The monoisotopic (exact) mass is 306 g/mol. The predicted octanol–water partition coefficient (Wildman–Crippen LogP) is 0.754. The van der Waals surface area contributed by atoms with Crippen molar-refractivity contribution in [3.63, 3.8) is 0 Å². The maximum absolute atomic E-state index is 12.0. The lowest BCUT2D eigenvalue weighted by Gasteiger charge is -2.04. The highest BCUT2D eigenvalue weighted by atomic mass is 127. The molecule has 1 aromatic heterocycles. The molecule has 1 aromatic rings. The number of halogens is 4. The normalized spacial score (nSPS) is 11.7. The minimum Gasteiger partial charge on any atom is -0.273 e. The Morgan fingerprint density at radius 3 is 2.38 bits per heavy atom. The lowest BCUT2D eigenvalue weighted by molar-refractivity contribution is -0.139. The number of nitrogens with one attached hydrogen (secondary N) is 1. The average Bonchev–Trinajstić information content (AvgIpc) is 1.94. The second-order valence-corrected chi connectivity index (χ2v) is 3.15. The van der Waals surface area contributed by atoms with Crippen LogP contribution in [0.5, 0.6) is 0 Å². The highest BCUT2D eigenvalue weighted by Gasteiger charge is 2.34. The standard InChI is InChI=1S/C5H2F3IN2O2/c6-5(7,8)2-1-11(9)4(13)10-3(2)12/h1H,(H,10,12,13). The van der Waals surface area contributed by atoms with Gasteiger partial charge in [-0.25, -0.2) is 7.58 Å².